The lowest BCUT2D eigenvalue weighted by Gasteiger charge is -2.26. The van der Waals surface area contributed by atoms with Gasteiger partial charge in [-0.15, -0.1) is 0 Å². The van der Waals surface area contributed by atoms with Crippen LogP contribution in [0.3, 0.4) is 0 Å². The lowest BCUT2D eigenvalue weighted by Crippen LogP contribution is -2.30. The third-order valence-corrected chi connectivity index (χ3v) is 1.97. The Morgan fingerprint density at radius 2 is 1.41 bits per heavy atom. The van der Waals surface area contributed by atoms with Crippen molar-refractivity contribution in [2.24, 2.45) is 5.92 Å². The molecule has 0 aromatic rings. The summed E-state index contributed by atoms with van der Waals surface area (Å²) in [5, 5.41) is 0. The van der Waals surface area contributed by atoms with Crippen LogP contribution in [0.25, 0.3) is 0 Å². The molecular formula is C14H30O3. The van der Waals surface area contributed by atoms with Gasteiger partial charge < -0.3 is 14.2 Å². The van der Waals surface area contributed by atoms with Crippen LogP contribution in [0.2, 0.25) is 0 Å². The Labute approximate surface area is 107 Å². The van der Waals surface area contributed by atoms with Gasteiger partial charge in [-0.25, -0.2) is 0 Å². The zero-order valence-electron chi connectivity index (χ0n) is 12.6. The van der Waals surface area contributed by atoms with Crippen LogP contribution in [0.4, 0.5) is 0 Å². The first-order valence-corrected chi connectivity index (χ1v) is 6.58. The molecule has 0 aromatic heterocycles. The van der Waals surface area contributed by atoms with Crippen LogP contribution >= 0.6 is 0 Å². The Morgan fingerprint density at radius 1 is 0.824 bits per heavy atom. The molecule has 0 aliphatic rings. The van der Waals surface area contributed by atoms with Gasteiger partial charge in [-0.05, 0) is 40.5 Å². The molecule has 0 rings (SSSR count). The maximum Gasteiger partial charge on any atom is 0.0787 e. The molecule has 0 N–H and O–H groups in total. The van der Waals surface area contributed by atoms with Gasteiger partial charge in [0.1, 0.15) is 0 Å². The first-order chi connectivity index (χ1) is 7.70. The second kappa shape index (κ2) is 8.06. The SMILES string of the molecule is CC(C)COCC(C)OCC(C)OC(C)(C)C. The van der Waals surface area contributed by atoms with Crippen molar-refractivity contribution in [3.05, 3.63) is 0 Å². The fourth-order valence-corrected chi connectivity index (χ4v) is 1.46. The Kier molecular flexibility index (Phi) is 8.01. The molecule has 0 saturated heterocycles. The molecule has 0 radical (unpaired) electrons. The van der Waals surface area contributed by atoms with Gasteiger partial charge >= 0.3 is 0 Å². The van der Waals surface area contributed by atoms with Gasteiger partial charge in [-0.3, -0.25) is 0 Å². The van der Waals surface area contributed by atoms with Gasteiger partial charge in [-0.2, -0.15) is 0 Å². The first kappa shape index (κ1) is 16.9. The smallest absolute Gasteiger partial charge is 0.0787 e. The highest BCUT2D eigenvalue weighted by Crippen LogP contribution is 2.11. The standard InChI is InChI=1S/C14H30O3/c1-11(2)8-15-9-12(3)16-10-13(4)17-14(5,6)7/h11-13H,8-10H2,1-7H3. The quantitative estimate of drug-likeness (QED) is 0.658. The van der Waals surface area contributed by atoms with Crippen molar-refractivity contribution in [2.45, 2.75) is 66.3 Å². The lowest BCUT2D eigenvalue weighted by molar-refractivity contribution is -0.104. The first-order valence-electron chi connectivity index (χ1n) is 6.58. The van der Waals surface area contributed by atoms with E-state index in [2.05, 4.69) is 34.6 Å². The van der Waals surface area contributed by atoms with Crippen LogP contribution < -0.4 is 0 Å². The molecule has 17 heavy (non-hydrogen) atoms. The summed E-state index contributed by atoms with van der Waals surface area (Å²) in [5.74, 6) is 0.574. The molecule has 0 aliphatic carbocycles. The van der Waals surface area contributed by atoms with E-state index in [0.717, 1.165) is 6.61 Å². The van der Waals surface area contributed by atoms with E-state index in [1.54, 1.807) is 0 Å². The van der Waals surface area contributed by atoms with Gasteiger partial charge in [0, 0.05) is 6.61 Å². The van der Waals surface area contributed by atoms with Gasteiger partial charge in [0.2, 0.25) is 0 Å². The Balaban J connectivity index is 3.59. The average molecular weight is 246 g/mol. The number of rotatable bonds is 8. The molecule has 3 heteroatoms. The predicted octanol–water partition coefficient (Wildman–Crippen LogP) is 3.27. The summed E-state index contributed by atoms with van der Waals surface area (Å²) in [7, 11) is 0. The summed E-state index contributed by atoms with van der Waals surface area (Å²) in [6.07, 6.45) is 0.238. The normalized spacial score (nSPS) is 16.2. The van der Waals surface area contributed by atoms with E-state index in [4.69, 9.17) is 14.2 Å². The minimum atomic E-state index is -0.111. The van der Waals surface area contributed by atoms with Crippen molar-refractivity contribution in [3.8, 4) is 0 Å². The molecule has 104 valence electrons. The van der Waals surface area contributed by atoms with Gasteiger partial charge in [0.15, 0.2) is 0 Å². The van der Waals surface area contributed by atoms with Crippen LogP contribution in [0.1, 0.15) is 48.5 Å². The van der Waals surface area contributed by atoms with E-state index in [-0.39, 0.29) is 17.8 Å². The maximum atomic E-state index is 5.76. The van der Waals surface area contributed by atoms with E-state index < -0.39 is 0 Å². The molecule has 0 heterocycles. The highest BCUT2D eigenvalue weighted by molar-refractivity contribution is 4.63. The van der Waals surface area contributed by atoms with Crippen molar-refractivity contribution in [1.82, 2.24) is 0 Å². The molecule has 0 fully saturated rings. The monoisotopic (exact) mass is 246 g/mol. The van der Waals surface area contributed by atoms with Gasteiger partial charge in [0.05, 0.1) is 31.0 Å². The van der Waals surface area contributed by atoms with E-state index >= 15 is 0 Å². The molecule has 0 saturated carbocycles. The summed E-state index contributed by atoms with van der Waals surface area (Å²) in [6.45, 7) is 16.6. The van der Waals surface area contributed by atoms with Crippen molar-refractivity contribution in [2.75, 3.05) is 19.8 Å². The topological polar surface area (TPSA) is 27.7 Å². The Morgan fingerprint density at radius 3 is 1.88 bits per heavy atom. The van der Waals surface area contributed by atoms with Crippen molar-refractivity contribution in [3.63, 3.8) is 0 Å². The molecule has 2 unspecified atom stereocenters. The lowest BCUT2D eigenvalue weighted by atomic mass is 10.2. The van der Waals surface area contributed by atoms with Crippen LogP contribution in [-0.2, 0) is 14.2 Å². The van der Waals surface area contributed by atoms with Crippen LogP contribution in [0, 0.1) is 5.92 Å². The highest BCUT2D eigenvalue weighted by Gasteiger charge is 2.16. The molecule has 0 spiro atoms. The summed E-state index contributed by atoms with van der Waals surface area (Å²) in [6, 6.07) is 0. The molecular weight excluding hydrogens is 216 g/mol. The summed E-state index contributed by atoms with van der Waals surface area (Å²) >= 11 is 0. The summed E-state index contributed by atoms with van der Waals surface area (Å²) in [4.78, 5) is 0. The minimum Gasteiger partial charge on any atom is -0.379 e. The number of ether oxygens (including phenoxy) is 3. The molecule has 0 amide bonds. The second-order valence-corrected chi connectivity index (χ2v) is 6.12. The fraction of sp³-hybridized carbons (Fsp3) is 1.00. The van der Waals surface area contributed by atoms with Crippen molar-refractivity contribution in [1.29, 1.82) is 0 Å². The number of hydrogen-bond acceptors (Lipinski definition) is 3. The predicted molar refractivity (Wildman–Crippen MR) is 71.4 cm³/mol. The molecule has 0 aliphatic heterocycles. The van der Waals surface area contributed by atoms with Gasteiger partial charge in [-0.1, -0.05) is 13.8 Å². The third kappa shape index (κ3) is 12.1. The summed E-state index contributed by atoms with van der Waals surface area (Å²) in [5.41, 5.74) is -0.111. The molecule has 3 nitrogen and oxygen atoms in total. The Hall–Kier alpha value is -0.120. The molecule has 2 atom stereocenters. The van der Waals surface area contributed by atoms with Crippen LogP contribution in [0.5, 0.6) is 0 Å². The van der Waals surface area contributed by atoms with Gasteiger partial charge in [0.25, 0.3) is 0 Å². The zero-order chi connectivity index (χ0) is 13.5. The van der Waals surface area contributed by atoms with E-state index in [1.165, 1.54) is 0 Å². The molecule has 0 aromatic carbocycles. The highest BCUT2D eigenvalue weighted by atomic mass is 16.6. The largest absolute Gasteiger partial charge is 0.379 e. The van der Waals surface area contributed by atoms with Crippen LogP contribution in [0.15, 0.2) is 0 Å². The van der Waals surface area contributed by atoms with Crippen LogP contribution in [-0.4, -0.2) is 37.6 Å². The third-order valence-electron chi connectivity index (χ3n) is 1.97. The van der Waals surface area contributed by atoms with Crippen molar-refractivity contribution >= 4 is 0 Å². The molecule has 0 bridgehead atoms. The Bertz CT molecular complexity index is 184. The minimum absolute atomic E-state index is 0.111. The average Bonchev–Trinajstić information content (AvgIpc) is 2.11. The number of hydrogen-bond donors (Lipinski definition) is 0. The maximum absolute atomic E-state index is 5.76. The van der Waals surface area contributed by atoms with E-state index in [9.17, 15) is 0 Å². The summed E-state index contributed by atoms with van der Waals surface area (Å²) < 4.78 is 17.0. The van der Waals surface area contributed by atoms with E-state index in [0.29, 0.717) is 19.1 Å². The van der Waals surface area contributed by atoms with Crippen molar-refractivity contribution < 1.29 is 14.2 Å². The van der Waals surface area contributed by atoms with E-state index in [1.807, 2.05) is 13.8 Å². The zero-order valence-corrected chi connectivity index (χ0v) is 12.6. The fourth-order valence-electron chi connectivity index (χ4n) is 1.46. The second-order valence-electron chi connectivity index (χ2n) is 6.12.